The molecule has 172 valence electrons. The molecule has 0 aromatic rings. The average molecular weight is 413 g/mol. The molecule has 1 saturated heterocycles. The molecule has 1 aliphatic rings. The molecule has 1 fully saturated rings. The smallest absolute Gasteiger partial charge is 0.163 e. The van der Waals surface area contributed by atoms with E-state index in [-0.39, 0.29) is 12.2 Å². The lowest BCUT2D eigenvalue weighted by Gasteiger charge is -2.19. The molecule has 4 heteroatoms. The van der Waals surface area contributed by atoms with Crippen LogP contribution in [0.1, 0.15) is 105 Å². The van der Waals surface area contributed by atoms with Crippen LogP contribution in [0.3, 0.4) is 0 Å². The third kappa shape index (κ3) is 15.1. The van der Waals surface area contributed by atoms with Gasteiger partial charge in [-0.15, -0.1) is 0 Å². The molecule has 0 radical (unpaired) electrons. The number of allylic oxidation sites excluding steroid dienone is 1. The first-order valence-corrected chi connectivity index (χ1v) is 12.2. The minimum absolute atomic E-state index is 0.0269. The van der Waals surface area contributed by atoms with Crippen LogP contribution in [0.4, 0.5) is 0 Å². The minimum Gasteiger partial charge on any atom is -0.376 e. The van der Waals surface area contributed by atoms with Gasteiger partial charge >= 0.3 is 0 Å². The van der Waals surface area contributed by atoms with E-state index in [9.17, 15) is 0 Å². The monoisotopic (exact) mass is 412 g/mol. The van der Waals surface area contributed by atoms with Crippen molar-refractivity contribution in [3.05, 3.63) is 12.2 Å². The third-order valence-electron chi connectivity index (χ3n) is 5.27. The zero-order chi connectivity index (χ0) is 21.2. The van der Waals surface area contributed by atoms with Crippen molar-refractivity contribution in [3.63, 3.8) is 0 Å². The molecule has 0 saturated carbocycles. The van der Waals surface area contributed by atoms with E-state index in [0.717, 1.165) is 19.4 Å². The van der Waals surface area contributed by atoms with Crippen LogP contribution in [0, 0.1) is 0 Å². The van der Waals surface area contributed by atoms with Crippen molar-refractivity contribution in [3.8, 4) is 0 Å². The lowest BCUT2D eigenvalue weighted by molar-refractivity contribution is -0.146. The fourth-order valence-electron chi connectivity index (χ4n) is 3.58. The quantitative estimate of drug-likeness (QED) is 0.172. The highest BCUT2D eigenvalue weighted by Crippen LogP contribution is 2.22. The fourth-order valence-corrected chi connectivity index (χ4v) is 3.58. The summed E-state index contributed by atoms with van der Waals surface area (Å²) in [5.41, 5.74) is 0. The van der Waals surface area contributed by atoms with Crippen LogP contribution in [0.25, 0.3) is 0 Å². The summed E-state index contributed by atoms with van der Waals surface area (Å²) in [4.78, 5) is 0. The van der Waals surface area contributed by atoms with Crippen molar-refractivity contribution in [1.29, 1.82) is 0 Å². The van der Waals surface area contributed by atoms with Crippen molar-refractivity contribution < 1.29 is 18.9 Å². The topological polar surface area (TPSA) is 36.9 Å². The molecule has 0 bridgehead atoms. The van der Waals surface area contributed by atoms with E-state index >= 15 is 0 Å². The lowest BCUT2D eigenvalue weighted by Crippen LogP contribution is -2.27. The molecule has 0 spiro atoms. The summed E-state index contributed by atoms with van der Waals surface area (Å²) in [6, 6.07) is 0. The summed E-state index contributed by atoms with van der Waals surface area (Å²) < 4.78 is 23.2. The number of hydrogen-bond acceptors (Lipinski definition) is 4. The maximum atomic E-state index is 5.95. The molecule has 1 rings (SSSR count). The van der Waals surface area contributed by atoms with E-state index in [2.05, 4.69) is 26.0 Å². The summed E-state index contributed by atoms with van der Waals surface area (Å²) in [5.74, 6) is -0.482. The first-order chi connectivity index (χ1) is 14.1. The predicted molar refractivity (Wildman–Crippen MR) is 121 cm³/mol. The third-order valence-corrected chi connectivity index (χ3v) is 5.27. The Morgan fingerprint density at radius 3 is 2.24 bits per heavy atom. The van der Waals surface area contributed by atoms with Gasteiger partial charge in [0.15, 0.2) is 5.79 Å². The van der Waals surface area contributed by atoms with E-state index in [0.29, 0.717) is 19.8 Å². The average Bonchev–Trinajstić information content (AvgIpc) is 3.05. The first kappa shape index (κ1) is 26.6. The lowest BCUT2D eigenvalue weighted by atomic mass is 10.1. The second-order valence-corrected chi connectivity index (χ2v) is 8.81. The molecular weight excluding hydrogens is 364 g/mol. The summed E-state index contributed by atoms with van der Waals surface area (Å²) >= 11 is 0. The zero-order valence-electron chi connectivity index (χ0n) is 19.8. The van der Waals surface area contributed by atoms with Gasteiger partial charge in [0.1, 0.15) is 6.10 Å². The summed E-state index contributed by atoms with van der Waals surface area (Å²) in [7, 11) is 0. The largest absolute Gasteiger partial charge is 0.376 e. The standard InChI is InChI=1S/C25H48O4/c1-5-7-8-9-10-11-12-13-14-15-16-17-18-23(27-19-6-2)20-26-21-24-22-28-25(3,4)29-24/h16-17,23-24H,5-15,18-22H2,1-4H3/b17-16+. The van der Waals surface area contributed by atoms with E-state index in [1.165, 1.54) is 64.2 Å². The second-order valence-electron chi connectivity index (χ2n) is 8.81. The molecule has 2 atom stereocenters. The Hall–Kier alpha value is -0.420. The number of unbranched alkanes of at least 4 members (excludes halogenated alkanes) is 9. The molecule has 0 aromatic heterocycles. The van der Waals surface area contributed by atoms with Crippen molar-refractivity contribution >= 4 is 0 Å². The van der Waals surface area contributed by atoms with Gasteiger partial charge < -0.3 is 18.9 Å². The van der Waals surface area contributed by atoms with Crippen LogP contribution in [0.2, 0.25) is 0 Å². The maximum absolute atomic E-state index is 5.95. The summed E-state index contributed by atoms with van der Waals surface area (Å²) in [6.07, 6.45) is 20.3. The summed E-state index contributed by atoms with van der Waals surface area (Å²) in [6.45, 7) is 10.9. The number of hydrogen-bond donors (Lipinski definition) is 0. The zero-order valence-corrected chi connectivity index (χ0v) is 19.8. The van der Waals surface area contributed by atoms with Crippen LogP contribution in [0.15, 0.2) is 12.2 Å². The van der Waals surface area contributed by atoms with Crippen LogP contribution in [-0.4, -0.2) is 44.4 Å². The number of rotatable bonds is 19. The molecule has 4 nitrogen and oxygen atoms in total. The van der Waals surface area contributed by atoms with Gasteiger partial charge in [-0.1, -0.05) is 77.4 Å². The van der Waals surface area contributed by atoms with Gasteiger partial charge in [-0.3, -0.25) is 0 Å². The van der Waals surface area contributed by atoms with Gasteiger partial charge in [0.25, 0.3) is 0 Å². The van der Waals surface area contributed by atoms with Crippen molar-refractivity contribution in [2.75, 3.05) is 26.4 Å². The minimum atomic E-state index is -0.482. The maximum Gasteiger partial charge on any atom is 0.163 e. The fraction of sp³-hybridized carbons (Fsp3) is 0.920. The van der Waals surface area contributed by atoms with Crippen molar-refractivity contribution in [2.45, 2.75) is 123 Å². The molecule has 29 heavy (non-hydrogen) atoms. The predicted octanol–water partition coefficient (Wildman–Crippen LogP) is 6.82. The van der Waals surface area contributed by atoms with E-state index in [1.807, 2.05) is 13.8 Å². The van der Waals surface area contributed by atoms with Gasteiger partial charge in [0.05, 0.1) is 25.9 Å². The Morgan fingerprint density at radius 1 is 0.931 bits per heavy atom. The van der Waals surface area contributed by atoms with Crippen LogP contribution in [0.5, 0.6) is 0 Å². The van der Waals surface area contributed by atoms with Gasteiger partial charge in [0, 0.05) is 6.61 Å². The van der Waals surface area contributed by atoms with Gasteiger partial charge in [-0.25, -0.2) is 0 Å². The van der Waals surface area contributed by atoms with E-state index in [4.69, 9.17) is 18.9 Å². The van der Waals surface area contributed by atoms with Crippen LogP contribution in [-0.2, 0) is 18.9 Å². The SMILES string of the molecule is CCCCCCCCCCC/C=C/CC(COCC1COC(C)(C)O1)OCCC. The molecular formula is C25H48O4. The first-order valence-electron chi connectivity index (χ1n) is 12.2. The molecule has 0 aromatic carbocycles. The van der Waals surface area contributed by atoms with Gasteiger partial charge in [-0.2, -0.15) is 0 Å². The molecule has 0 amide bonds. The highest BCUT2D eigenvalue weighted by atomic mass is 16.7. The Kier molecular flexibility index (Phi) is 15.9. The molecule has 1 heterocycles. The summed E-state index contributed by atoms with van der Waals surface area (Å²) in [5, 5.41) is 0. The number of ether oxygens (including phenoxy) is 4. The normalized spacial score (nSPS) is 19.9. The Bertz CT molecular complexity index is 394. The molecule has 0 N–H and O–H groups in total. The Labute approximate surface area is 180 Å². The van der Waals surface area contributed by atoms with Crippen LogP contribution >= 0.6 is 0 Å². The Morgan fingerprint density at radius 2 is 1.62 bits per heavy atom. The van der Waals surface area contributed by atoms with Crippen molar-refractivity contribution in [2.24, 2.45) is 0 Å². The van der Waals surface area contributed by atoms with Crippen molar-refractivity contribution in [1.82, 2.24) is 0 Å². The molecule has 1 aliphatic heterocycles. The van der Waals surface area contributed by atoms with Crippen LogP contribution < -0.4 is 0 Å². The van der Waals surface area contributed by atoms with Gasteiger partial charge in [0.2, 0.25) is 0 Å². The Balaban J connectivity index is 2.05. The van der Waals surface area contributed by atoms with E-state index < -0.39 is 5.79 Å². The molecule has 0 aliphatic carbocycles. The highest BCUT2D eigenvalue weighted by molar-refractivity contribution is 4.84. The van der Waals surface area contributed by atoms with E-state index in [1.54, 1.807) is 0 Å². The van der Waals surface area contributed by atoms with Gasteiger partial charge in [-0.05, 0) is 39.5 Å². The molecule has 2 unspecified atom stereocenters. The second kappa shape index (κ2) is 17.3. The highest BCUT2D eigenvalue weighted by Gasteiger charge is 2.32.